The van der Waals surface area contributed by atoms with Crippen molar-refractivity contribution in [2.24, 2.45) is 0 Å². The monoisotopic (exact) mass is 370 g/mol. The summed E-state index contributed by atoms with van der Waals surface area (Å²) in [5.74, 6) is 1.74. The first-order chi connectivity index (χ1) is 11.1. The Hall–Kier alpha value is -2.67. The van der Waals surface area contributed by atoms with Crippen molar-refractivity contribution in [2.45, 2.75) is 6.92 Å². The van der Waals surface area contributed by atoms with Crippen LogP contribution in [0, 0.1) is 6.92 Å². The molecule has 0 unspecified atom stereocenters. The standard InChI is InChI=1S/C16H15BrN6/c1-10-3-2-4-13(21-10)23-16-14(18)15(19-9-20-16)22-12-7-5-11(17)6-8-12/h2-9H,18H2,1H3,(H2,19,20,21,22,23). The van der Waals surface area contributed by atoms with Crippen molar-refractivity contribution in [3.63, 3.8) is 0 Å². The van der Waals surface area contributed by atoms with Gasteiger partial charge in [-0.25, -0.2) is 15.0 Å². The lowest BCUT2D eigenvalue weighted by atomic mass is 10.3. The Bertz CT molecular complexity index is 819. The van der Waals surface area contributed by atoms with Gasteiger partial charge in [0.1, 0.15) is 17.8 Å². The van der Waals surface area contributed by atoms with E-state index in [4.69, 9.17) is 5.73 Å². The summed E-state index contributed by atoms with van der Waals surface area (Å²) in [7, 11) is 0. The van der Waals surface area contributed by atoms with Crippen LogP contribution in [0.15, 0.2) is 53.3 Å². The molecule has 0 radical (unpaired) electrons. The number of aryl methyl sites for hydroxylation is 1. The maximum Gasteiger partial charge on any atom is 0.160 e. The van der Waals surface area contributed by atoms with Crippen LogP contribution in [-0.4, -0.2) is 15.0 Å². The molecule has 0 aliphatic carbocycles. The van der Waals surface area contributed by atoms with E-state index < -0.39 is 0 Å². The molecule has 2 aromatic heterocycles. The Morgan fingerprint density at radius 1 is 0.957 bits per heavy atom. The Morgan fingerprint density at radius 2 is 1.65 bits per heavy atom. The third-order valence-corrected chi connectivity index (χ3v) is 3.65. The molecule has 0 atom stereocenters. The molecule has 1 aromatic carbocycles. The first-order valence-corrected chi connectivity index (χ1v) is 7.75. The number of benzene rings is 1. The lowest BCUT2D eigenvalue weighted by Crippen LogP contribution is -2.06. The molecule has 0 aliphatic rings. The summed E-state index contributed by atoms with van der Waals surface area (Å²) in [4.78, 5) is 12.8. The number of rotatable bonds is 4. The average molecular weight is 371 g/mol. The van der Waals surface area contributed by atoms with Crippen LogP contribution in [0.3, 0.4) is 0 Å². The number of hydrogen-bond donors (Lipinski definition) is 3. The highest BCUT2D eigenvalue weighted by Gasteiger charge is 2.09. The molecule has 0 aliphatic heterocycles. The molecule has 0 saturated heterocycles. The first-order valence-electron chi connectivity index (χ1n) is 6.95. The highest BCUT2D eigenvalue weighted by Crippen LogP contribution is 2.28. The summed E-state index contributed by atoms with van der Waals surface area (Å²) in [6, 6.07) is 13.4. The van der Waals surface area contributed by atoms with Crippen molar-refractivity contribution < 1.29 is 0 Å². The zero-order valence-corrected chi connectivity index (χ0v) is 14.0. The zero-order valence-electron chi connectivity index (χ0n) is 12.4. The van der Waals surface area contributed by atoms with Gasteiger partial charge in [0.15, 0.2) is 11.6 Å². The Labute approximate surface area is 142 Å². The van der Waals surface area contributed by atoms with Crippen LogP contribution in [-0.2, 0) is 0 Å². The van der Waals surface area contributed by atoms with Gasteiger partial charge in [-0.05, 0) is 43.3 Å². The van der Waals surface area contributed by atoms with Crippen LogP contribution in [0.4, 0.5) is 28.8 Å². The van der Waals surface area contributed by atoms with Crippen molar-refractivity contribution >= 4 is 44.8 Å². The molecule has 116 valence electrons. The van der Waals surface area contributed by atoms with Crippen LogP contribution < -0.4 is 16.4 Å². The van der Waals surface area contributed by atoms with E-state index in [2.05, 4.69) is 41.5 Å². The summed E-state index contributed by atoms with van der Waals surface area (Å²) in [6.45, 7) is 1.93. The van der Waals surface area contributed by atoms with Gasteiger partial charge in [-0.3, -0.25) is 0 Å². The van der Waals surface area contributed by atoms with Gasteiger partial charge < -0.3 is 16.4 Å². The van der Waals surface area contributed by atoms with Gasteiger partial charge in [0, 0.05) is 15.9 Å². The topological polar surface area (TPSA) is 88.8 Å². The SMILES string of the molecule is Cc1cccc(Nc2ncnc(Nc3ccc(Br)cc3)c2N)n1. The van der Waals surface area contributed by atoms with E-state index in [0.29, 0.717) is 23.1 Å². The third-order valence-electron chi connectivity index (χ3n) is 3.13. The van der Waals surface area contributed by atoms with E-state index in [1.54, 1.807) is 0 Å². The molecular formula is C16H15BrN6. The van der Waals surface area contributed by atoms with Crippen LogP contribution >= 0.6 is 15.9 Å². The number of hydrogen-bond acceptors (Lipinski definition) is 6. The minimum atomic E-state index is 0.429. The quantitative estimate of drug-likeness (QED) is 0.642. The minimum Gasteiger partial charge on any atom is -0.393 e. The summed E-state index contributed by atoms with van der Waals surface area (Å²) < 4.78 is 1.01. The molecule has 6 nitrogen and oxygen atoms in total. The zero-order chi connectivity index (χ0) is 16.2. The number of halogens is 1. The molecule has 0 amide bonds. The smallest absolute Gasteiger partial charge is 0.160 e. The fraction of sp³-hybridized carbons (Fsp3) is 0.0625. The van der Waals surface area contributed by atoms with Gasteiger partial charge in [0.05, 0.1) is 0 Å². The van der Waals surface area contributed by atoms with Crippen molar-refractivity contribution in [2.75, 3.05) is 16.4 Å². The highest BCUT2D eigenvalue weighted by atomic mass is 79.9. The summed E-state index contributed by atoms with van der Waals surface area (Å²) in [5.41, 5.74) is 8.39. The van der Waals surface area contributed by atoms with Crippen LogP contribution in [0.2, 0.25) is 0 Å². The number of nitrogen functional groups attached to an aromatic ring is 1. The molecule has 3 aromatic rings. The fourth-order valence-electron chi connectivity index (χ4n) is 2.00. The van der Waals surface area contributed by atoms with E-state index >= 15 is 0 Å². The fourth-order valence-corrected chi connectivity index (χ4v) is 2.26. The van der Waals surface area contributed by atoms with E-state index in [9.17, 15) is 0 Å². The average Bonchev–Trinajstić information content (AvgIpc) is 2.53. The molecule has 3 rings (SSSR count). The van der Waals surface area contributed by atoms with Crippen LogP contribution in [0.5, 0.6) is 0 Å². The Balaban J connectivity index is 1.84. The first kappa shape index (κ1) is 15.2. The van der Waals surface area contributed by atoms with Crippen LogP contribution in [0.25, 0.3) is 0 Å². The van der Waals surface area contributed by atoms with Gasteiger partial charge in [-0.1, -0.05) is 22.0 Å². The Morgan fingerprint density at radius 3 is 2.35 bits per heavy atom. The molecule has 0 spiro atoms. The largest absolute Gasteiger partial charge is 0.393 e. The third kappa shape index (κ3) is 3.75. The van der Waals surface area contributed by atoms with Crippen molar-refractivity contribution in [3.8, 4) is 0 Å². The van der Waals surface area contributed by atoms with Gasteiger partial charge in [-0.2, -0.15) is 0 Å². The predicted molar refractivity (Wildman–Crippen MR) is 96.1 cm³/mol. The highest BCUT2D eigenvalue weighted by molar-refractivity contribution is 9.10. The second kappa shape index (κ2) is 6.62. The van der Waals surface area contributed by atoms with E-state index in [0.717, 1.165) is 15.9 Å². The summed E-state index contributed by atoms with van der Waals surface area (Å²) >= 11 is 3.40. The molecule has 23 heavy (non-hydrogen) atoms. The number of aromatic nitrogens is 3. The normalized spacial score (nSPS) is 10.3. The lowest BCUT2D eigenvalue weighted by Gasteiger charge is -2.12. The van der Waals surface area contributed by atoms with Gasteiger partial charge in [-0.15, -0.1) is 0 Å². The summed E-state index contributed by atoms with van der Waals surface area (Å²) in [6.07, 6.45) is 1.45. The number of nitrogens with two attached hydrogens (primary N) is 1. The molecule has 2 heterocycles. The van der Waals surface area contributed by atoms with E-state index in [1.165, 1.54) is 6.33 Å². The van der Waals surface area contributed by atoms with E-state index in [-0.39, 0.29) is 0 Å². The van der Waals surface area contributed by atoms with Crippen molar-refractivity contribution in [1.29, 1.82) is 0 Å². The second-order valence-corrected chi connectivity index (χ2v) is 5.82. The number of anilines is 5. The molecule has 7 heteroatoms. The predicted octanol–water partition coefficient (Wildman–Crippen LogP) is 4.01. The molecule has 0 bridgehead atoms. The Kier molecular flexibility index (Phi) is 4.38. The maximum atomic E-state index is 6.16. The van der Waals surface area contributed by atoms with Crippen molar-refractivity contribution in [1.82, 2.24) is 15.0 Å². The molecule has 0 fully saturated rings. The van der Waals surface area contributed by atoms with E-state index in [1.807, 2.05) is 49.4 Å². The van der Waals surface area contributed by atoms with Gasteiger partial charge in [0.25, 0.3) is 0 Å². The number of pyridine rings is 1. The molecule has 0 saturated carbocycles. The molecule has 4 N–H and O–H groups in total. The van der Waals surface area contributed by atoms with Gasteiger partial charge in [0.2, 0.25) is 0 Å². The maximum absolute atomic E-state index is 6.16. The minimum absolute atomic E-state index is 0.429. The summed E-state index contributed by atoms with van der Waals surface area (Å²) in [5, 5.41) is 6.29. The van der Waals surface area contributed by atoms with Crippen molar-refractivity contribution in [3.05, 3.63) is 59.0 Å². The lowest BCUT2D eigenvalue weighted by molar-refractivity contribution is 1.15. The van der Waals surface area contributed by atoms with Crippen LogP contribution in [0.1, 0.15) is 5.69 Å². The van der Waals surface area contributed by atoms with Gasteiger partial charge >= 0.3 is 0 Å². The number of nitrogens with zero attached hydrogens (tertiary/aromatic N) is 3. The second-order valence-electron chi connectivity index (χ2n) is 4.91. The number of nitrogens with one attached hydrogen (secondary N) is 2. The molecular weight excluding hydrogens is 356 g/mol.